The van der Waals surface area contributed by atoms with Crippen LogP contribution in [0.5, 0.6) is 5.75 Å². The molecule has 4 rings (SSSR count). The van der Waals surface area contributed by atoms with Crippen molar-refractivity contribution in [3.63, 3.8) is 0 Å². The average Bonchev–Trinajstić information content (AvgIpc) is 2.85. The molecular formula is C26H31N5O2. The van der Waals surface area contributed by atoms with E-state index in [0.29, 0.717) is 25.4 Å². The summed E-state index contributed by atoms with van der Waals surface area (Å²) in [6.07, 6.45) is 5.89. The van der Waals surface area contributed by atoms with Crippen molar-refractivity contribution in [2.45, 2.75) is 32.1 Å². The number of amides is 1. The molecule has 0 N–H and O–H groups in total. The van der Waals surface area contributed by atoms with Gasteiger partial charge >= 0.3 is 0 Å². The van der Waals surface area contributed by atoms with Crippen molar-refractivity contribution in [3.05, 3.63) is 66.1 Å². The van der Waals surface area contributed by atoms with Crippen molar-refractivity contribution in [1.82, 2.24) is 19.9 Å². The number of aromatic nitrogens is 3. The van der Waals surface area contributed by atoms with Gasteiger partial charge in [-0.15, -0.1) is 0 Å². The van der Waals surface area contributed by atoms with E-state index in [2.05, 4.69) is 4.98 Å². The first-order valence-electron chi connectivity index (χ1n) is 11.5. The lowest BCUT2D eigenvalue weighted by molar-refractivity contribution is -0.131. The number of benzene rings is 1. The fourth-order valence-electron chi connectivity index (χ4n) is 4.12. The molecule has 1 amide bonds. The molecule has 7 heteroatoms. The zero-order valence-electron chi connectivity index (χ0n) is 19.6. The Morgan fingerprint density at radius 2 is 2.00 bits per heavy atom. The number of piperidine rings is 1. The van der Waals surface area contributed by atoms with E-state index in [9.17, 15) is 4.79 Å². The van der Waals surface area contributed by atoms with Crippen molar-refractivity contribution < 1.29 is 9.53 Å². The monoisotopic (exact) mass is 445 g/mol. The van der Waals surface area contributed by atoms with Crippen molar-refractivity contribution in [2.24, 2.45) is 0 Å². The Kier molecular flexibility index (Phi) is 7.17. The maximum atomic E-state index is 13.1. The first-order valence-corrected chi connectivity index (χ1v) is 11.5. The van der Waals surface area contributed by atoms with Gasteiger partial charge in [0.05, 0.1) is 18.7 Å². The summed E-state index contributed by atoms with van der Waals surface area (Å²) in [6, 6.07) is 13.7. The Morgan fingerprint density at radius 3 is 2.70 bits per heavy atom. The Bertz CT molecular complexity index is 1070. The summed E-state index contributed by atoms with van der Waals surface area (Å²) in [6.45, 7) is 4.05. The Labute approximate surface area is 195 Å². The predicted molar refractivity (Wildman–Crippen MR) is 129 cm³/mol. The molecular weight excluding hydrogens is 414 g/mol. The number of hydrogen-bond acceptors (Lipinski definition) is 6. The van der Waals surface area contributed by atoms with E-state index in [0.717, 1.165) is 47.8 Å². The Hall–Kier alpha value is -3.48. The summed E-state index contributed by atoms with van der Waals surface area (Å²) in [7, 11) is 3.96. The van der Waals surface area contributed by atoms with Crippen LogP contribution < -0.4 is 9.64 Å². The lowest BCUT2D eigenvalue weighted by atomic mass is 9.93. The summed E-state index contributed by atoms with van der Waals surface area (Å²) < 4.78 is 5.50. The molecule has 0 saturated carbocycles. The largest absolute Gasteiger partial charge is 0.494 e. The average molecular weight is 446 g/mol. The van der Waals surface area contributed by atoms with Crippen LogP contribution >= 0.6 is 0 Å². The highest BCUT2D eigenvalue weighted by molar-refractivity contribution is 5.79. The van der Waals surface area contributed by atoms with Crippen LogP contribution in [0, 0.1) is 0 Å². The molecule has 1 aliphatic rings. The third-order valence-corrected chi connectivity index (χ3v) is 5.89. The molecule has 172 valence electrons. The van der Waals surface area contributed by atoms with Gasteiger partial charge in [0.25, 0.3) is 0 Å². The summed E-state index contributed by atoms with van der Waals surface area (Å²) >= 11 is 0. The first-order chi connectivity index (χ1) is 16.0. The van der Waals surface area contributed by atoms with E-state index in [4.69, 9.17) is 14.7 Å². The number of likely N-dealkylation sites (tertiary alicyclic amines) is 1. The first kappa shape index (κ1) is 22.7. The summed E-state index contributed by atoms with van der Waals surface area (Å²) in [5.41, 5.74) is 2.87. The third kappa shape index (κ3) is 5.66. The highest BCUT2D eigenvalue weighted by Gasteiger charge is 2.27. The molecule has 1 fully saturated rings. The molecule has 33 heavy (non-hydrogen) atoms. The fourth-order valence-corrected chi connectivity index (χ4v) is 4.12. The molecule has 2 aromatic heterocycles. The Morgan fingerprint density at radius 1 is 1.18 bits per heavy atom. The Balaban J connectivity index is 1.50. The number of carbonyl (C=O) groups excluding carboxylic acids is 1. The maximum Gasteiger partial charge on any atom is 0.227 e. The minimum Gasteiger partial charge on any atom is -0.494 e. The standard InChI is InChI=1S/C26H31N5O2/c1-4-33-22-11-9-19(10-12-22)15-25(32)31-14-6-8-21(18-31)23-16-24(30(2)3)29-26(28-23)20-7-5-13-27-17-20/h5,7,9-13,16-17,21H,4,6,8,14-15,18H2,1-3H3. The predicted octanol–water partition coefficient (Wildman–Crippen LogP) is 3.95. The fraction of sp³-hybridized carbons (Fsp3) is 0.385. The molecule has 0 aliphatic carbocycles. The smallest absolute Gasteiger partial charge is 0.227 e. The van der Waals surface area contributed by atoms with Crippen LogP contribution in [0.2, 0.25) is 0 Å². The van der Waals surface area contributed by atoms with Crippen LogP contribution in [0.15, 0.2) is 54.9 Å². The minimum atomic E-state index is 0.151. The molecule has 1 aromatic carbocycles. The zero-order valence-corrected chi connectivity index (χ0v) is 19.6. The summed E-state index contributed by atoms with van der Waals surface area (Å²) in [5.74, 6) is 2.69. The number of ether oxygens (including phenoxy) is 1. The lowest BCUT2D eigenvalue weighted by Gasteiger charge is -2.33. The minimum absolute atomic E-state index is 0.151. The number of pyridine rings is 1. The van der Waals surface area contributed by atoms with Gasteiger partial charge in [0.2, 0.25) is 5.91 Å². The van der Waals surface area contributed by atoms with Gasteiger partial charge in [0, 0.05) is 57.1 Å². The molecule has 0 bridgehead atoms. The van der Waals surface area contributed by atoms with Gasteiger partial charge in [-0.2, -0.15) is 0 Å². The van der Waals surface area contributed by atoms with Crippen LogP contribution in [0.1, 0.15) is 36.9 Å². The molecule has 1 unspecified atom stereocenters. The van der Waals surface area contributed by atoms with Gasteiger partial charge in [0.1, 0.15) is 11.6 Å². The van der Waals surface area contributed by atoms with Crippen LogP contribution in [0.25, 0.3) is 11.4 Å². The van der Waals surface area contributed by atoms with Gasteiger partial charge < -0.3 is 14.5 Å². The van der Waals surface area contributed by atoms with E-state index in [1.54, 1.807) is 12.4 Å². The van der Waals surface area contributed by atoms with Crippen LogP contribution in [0.4, 0.5) is 5.82 Å². The van der Waals surface area contributed by atoms with Crippen LogP contribution in [0.3, 0.4) is 0 Å². The quantitative estimate of drug-likeness (QED) is 0.548. The molecule has 1 saturated heterocycles. The molecule has 7 nitrogen and oxygen atoms in total. The molecule has 3 heterocycles. The third-order valence-electron chi connectivity index (χ3n) is 5.89. The van der Waals surface area contributed by atoms with E-state index >= 15 is 0 Å². The van der Waals surface area contributed by atoms with Gasteiger partial charge in [0.15, 0.2) is 5.82 Å². The van der Waals surface area contributed by atoms with Crippen molar-refractivity contribution in [3.8, 4) is 17.1 Å². The van der Waals surface area contributed by atoms with Crippen molar-refractivity contribution >= 4 is 11.7 Å². The second-order valence-corrected chi connectivity index (χ2v) is 8.54. The van der Waals surface area contributed by atoms with Gasteiger partial charge in [-0.25, -0.2) is 9.97 Å². The summed E-state index contributed by atoms with van der Waals surface area (Å²) in [4.78, 5) is 30.8. The van der Waals surface area contributed by atoms with E-state index in [1.807, 2.05) is 73.3 Å². The number of anilines is 1. The highest BCUT2D eigenvalue weighted by Crippen LogP contribution is 2.29. The molecule has 3 aromatic rings. The van der Waals surface area contributed by atoms with Crippen molar-refractivity contribution in [1.29, 1.82) is 0 Å². The zero-order chi connectivity index (χ0) is 23.2. The van der Waals surface area contributed by atoms with Gasteiger partial charge in [-0.3, -0.25) is 9.78 Å². The number of carbonyl (C=O) groups is 1. The lowest BCUT2D eigenvalue weighted by Crippen LogP contribution is -2.40. The van der Waals surface area contributed by atoms with Crippen LogP contribution in [-0.4, -0.2) is 59.6 Å². The van der Waals surface area contributed by atoms with Crippen molar-refractivity contribution in [2.75, 3.05) is 38.7 Å². The topological polar surface area (TPSA) is 71.5 Å². The second-order valence-electron chi connectivity index (χ2n) is 8.54. The molecule has 0 spiro atoms. The van der Waals surface area contributed by atoms with E-state index < -0.39 is 0 Å². The van der Waals surface area contributed by atoms with Gasteiger partial charge in [-0.05, 0) is 49.6 Å². The molecule has 1 atom stereocenters. The highest BCUT2D eigenvalue weighted by atomic mass is 16.5. The summed E-state index contributed by atoms with van der Waals surface area (Å²) in [5, 5.41) is 0. The van der Waals surface area contributed by atoms with Crippen LogP contribution in [-0.2, 0) is 11.2 Å². The maximum absolute atomic E-state index is 13.1. The number of hydrogen-bond donors (Lipinski definition) is 0. The number of nitrogens with zero attached hydrogens (tertiary/aromatic N) is 5. The second kappa shape index (κ2) is 10.4. The SMILES string of the molecule is CCOc1ccc(CC(=O)N2CCCC(c3cc(N(C)C)nc(-c4cccnc4)n3)C2)cc1. The molecule has 0 radical (unpaired) electrons. The normalized spacial score (nSPS) is 15.8. The van der Waals surface area contributed by atoms with E-state index in [-0.39, 0.29) is 11.8 Å². The number of rotatable bonds is 7. The molecule has 1 aliphatic heterocycles. The van der Waals surface area contributed by atoms with E-state index in [1.165, 1.54) is 0 Å². The van der Waals surface area contributed by atoms with Gasteiger partial charge in [-0.1, -0.05) is 12.1 Å².